The number of hydrogen-bond acceptors (Lipinski definition) is 4. The Kier molecular flexibility index (Phi) is 3.69. The summed E-state index contributed by atoms with van der Waals surface area (Å²) < 4.78 is 18.0. The summed E-state index contributed by atoms with van der Waals surface area (Å²) in [5.41, 5.74) is 2.97. The zero-order chi connectivity index (χ0) is 13.0. The van der Waals surface area contributed by atoms with Gasteiger partial charge in [-0.2, -0.15) is 0 Å². The van der Waals surface area contributed by atoms with E-state index in [1.165, 1.54) is 25.4 Å². The summed E-state index contributed by atoms with van der Waals surface area (Å²) in [5, 5.41) is 0. The van der Waals surface area contributed by atoms with Gasteiger partial charge < -0.3 is 4.42 Å². The number of rotatable bonds is 4. The van der Waals surface area contributed by atoms with Crippen molar-refractivity contribution in [2.75, 3.05) is 7.11 Å². The van der Waals surface area contributed by atoms with E-state index in [0.29, 0.717) is 12.2 Å². The molecule has 1 aromatic heterocycles. The van der Waals surface area contributed by atoms with Gasteiger partial charge in [0.05, 0.1) is 13.3 Å². The Bertz CT molecular complexity index is 537. The number of halogens is 1. The second-order valence-electron chi connectivity index (χ2n) is 3.57. The molecule has 0 aliphatic carbocycles. The van der Waals surface area contributed by atoms with E-state index < -0.39 is 5.91 Å². The van der Waals surface area contributed by atoms with Crippen molar-refractivity contribution in [3.63, 3.8) is 0 Å². The van der Waals surface area contributed by atoms with E-state index in [-0.39, 0.29) is 11.7 Å². The minimum atomic E-state index is -0.553. The Labute approximate surface area is 103 Å². The molecule has 0 fully saturated rings. The van der Waals surface area contributed by atoms with Gasteiger partial charge >= 0.3 is 5.91 Å². The first-order chi connectivity index (χ1) is 8.69. The highest BCUT2D eigenvalue weighted by atomic mass is 19.1. The number of hydroxylamine groups is 1. The summed E-state index contributed by atoms with van der Waals surface area (Å²) in [6.45, 7) is 0. The van der Waals surface area contributed by atoms with Crippen LogP contribution in [0.5, 0.6) is 0 Å². The normalized spacial score (nSPS) is 10.3. The number of nitrogens with one attached hydrogen (secondary N) is 1. The molecular weight excluding hydrogens is 239 g/mol. The zero-order valence-electron chi connectivity index (χ0n) is 9.64. The number of carbonyl (C=O) groups is 1. The summed E-state index contributed by atoms with van der Waals surface area (Å²) >= 11 is 0. The van der Waals surface area contributed by atoms with Crippen LogP contribution in [0, 0.1) is 5.82 Å². The predicted molar refractivity (Wildman–Crippen MR) is 60.2 cm³/mol. The van der Waals surface area contributed by atoms with Crippen LogP contribution in [0.3, 0.4) is 0 Å². The zero-order valence-corrected chi connectivity index (χ0v) is 9.64. The fourth-order valence-corrected chi connectivity index (χ4v) is 1.43. The highest BCUT2D eigenvalue weighted by molar-refractivity contribution is 5.88. The van der Waals surface area contributed by atoms with Crippen LogP contribution >= 0.6 is 0 Å². The summed E-state index contributed by atoms with van der Waals surface area (Å²) in [6.07, 6.45) is 1.89. The number of aromatic nitrogens is 1. The van der Waals surface area contributed by atoms with Crippen LogP contribution in [0.1, 0.15) is 22.0 Å². The second kappa shape index (κ2) is 5.42. The molecule has 18 heavy (non-hydrogen) atoms. The van der Waals surface area contributed by atoms with Gasteiger partial charge in [0.25, 0.3) is 5.89 Å². The van der Waals surface area contributed by atoms with Crippen LogP contribution in [0.4, 0.5) is 4.39 Å². The molecule has 1 N–H and O–H groups in total. The maximum Gasteiger partial charge on any atom is 0.330 e. The number of nitrogens with zero attached hydrogens (tertiary/aromatic N) is 1. The van der Waals surface area contributed by atoms with Gasteiger partial charge in [0.2, 0.25) is 0 Å². The Balaban J connectivity index is 2.06. The summed E-state index contributed by atoms with van der Waals surface area (Å²) in [7, 11) is 1.32. The molecule has 5 nitrogen and oxygen atoms in total. The number of hydrogen-bond donors (Lipinski definition) is 1. The Hall–Kier alpha value is -2.21. The van der Waals surface area contributed by atoms with Crippen LogP contribution in [-0.2, 0) is 11.3 Å². The number of benzene rings is 1. The van der Waals surface area contributed by atoms with Crippen LogP contribution in [0.25, 0.3) is 0 Å². The minimum absolute atomic E-state index is 0.0750. The third-order valence-corrected chi connectivity index (χ3v) is 2.23. The molecule has 0 unspecified atom stereocenters. The van der Waals surface area contributed by atoms with Gasteiger partial charge in [-0.05, 0) is 17.7 Å². The van der Waals surface area contributed by atoms with Crippen LogP contribution in [0.2, 0.25) is 0 Å². The Morgan fingerprint density at radius 2 is 2.17 bits per heavy atom. The molecule has 1 aromatic carbocycles. The van der Waals surface area contributed by atoms with Crippen molar-refractivity contribution < 1.29 is 18.4 Å². The molecule has 0 aliphatic rings. The van der Waals surface area contributed by atoms with Gasteiger partial charge in [-0.3, -0.25) is 9.63 Å². The van der Waals surface area contributed by atoms with E-state index in [0.717, 1.165) is 5.56 Å². The van der Waals surface area contributed by atoms with Crippen molar-refractivity contribution in [1.29, 1.82) is 0 Å². The van der Waals surface area contributed by atoms with E-state index >= 15 is 0 Å². The molecule has 2 aromatic rings. The molecular formula is C12H11FN2O3. The molecule has 0 saturated carbocycles. The average molecular weight is 250 g/mol. The molecule has 0 aliphatic heterocycles. The van der Waals surface area contributed by atoms with Gasteiger partial charge in [0, 0.05) is 6.42 Å². The van der Waals surface area contributed by atoms with Crippen molar-refractivity contribution in [2.45, 2.75) is 6.42 Å². The van der Waals surface area contributed by atoms with Crippen molar-refractivity contribution in [3.05, 3.63) is 53.5 Å². The van der Waals surface area contributed by atoms with Crippen LogP contribution in [-0.4, -0.2) is 18.0 Å². The fraction of sp³-hybridized carbons (Fsp3) is 0.167. The highest BCUT2D eigenvalue weighted by Crippen LogP contribution is 2.11. The van der Waals surface area contributed by atoms with E-state index in [9.17, 15) is 9.18 Å². The van der Waals surface area contributed by atoms with E-state index in [1.807, 2.05) is 0 Å². The standard InChI is InChI=1S/C12H11FN2O3/c1-17-15-11(16)12-14-7-10(18-12)6-8-2-4-9(13)5-3-8/h2-5,7H,6H2,1H3,(H,15,16). The predicted octanol–water partition coefficient (Wildman–Crippen LogP) is 1.70. The molecule has 94 valence electrons. The lowest BCUT2D eigenvalue weighted by molar-refractivity contribution is 0.0501. The third-order valence-electron chi connectivity index (χ3n) is 2.23. The molecule has 1 amide bonds. The van der Waals surface area contributed by atoms with Gasteiger partial charge in [0.15, 0.2) is 0 Å². The second-order valence-corrected chi connectivity index (χ2v) is 3.57. The van der Waals surface area contributed by atoms with E-state index in [2.05, 4.69) is 15.3 Å². The molecule has 6 heteroatoms. The first-order valence-corrected chi connectivity index (χ1v) is 5.21. The monoisotopic (exact) mass is 250 g/mol. The van der Waals surface area contributed by atoms with Gasteiger partial charge in [0.1, 0.15) is 11.6 Å². The maximum atomic E-state index is 12.7. The van der Waals surface area contributed by atoms with Crippen molar-refractivity contribution in [2.24, 2.45) is 0 Å². The average Bonchev–Trinajstić information content (AvgIpc) is 2.81. The molecule has 0 spiro atoms. The largest absolute Gasteiger partial charge is 0.437 e. The SMILES string of the molecule is CONC(=O)c1ncc(Cc2ccc(F)cc2)o1. The maximum absolute atomic E-state index is 12.7. The molecule has 0 saturated heterocycles. The van der Waals surface area contributed by atoms with Crippen molar-refractivity contribution in [3.8, 4) is 0 Å². The lowest BCUT2D eigenvalue weighted by Crippen LogP contribution is -2.21. The minimum Gasteiger partial charge on any atom is -0.437 e. The van der Waals surface area contributed by atoms with E-state index in [1.54, 1.807) is 12.1 Å². The van der Waals surface area contributed by atoms with Crippen LogP contribution in [0.15, 0.2) is 34.9 Å². The smallest absolute Gasteiger partial charge is 0.330 e. The van der Waals surface area contributed by atoms with Crippen molar-refractivity contribution in [1.82, 2.24) is 10.5 Å². The lowest BCUT2D eigenvalue weighted by atomic mass is 10.1. The van der Waals surface area contributed by atoms with Crippen LogP contribution < -0.4 is 5.48 Å². The first-order valence-electron chi connectivity index (χ1n) is 5.21. The lowest BCUT2D eigenvalue weighted by Gasteiger charge is -1.98. The quantitative estimate of drug-likeness (QED) is 0.839. The molecule has 0 bridgehead atoms. The number of amides is 1. The van der Waals surface area contributed by atoms with Gasteiger partial charge in [-0.25, -0.2) is 14.9 Å². The molecule has 2 rings (SSSR count). The number of oxazole rings is 1. The van der Waals surface area contributed by atoms with Crippen molar-refractivity contribution >= 4 is 5.91 Å². The third kappa shape index (κ3) is 2.92. The van der Waals surface area contributed by atoms with Gasteiger partial charge in [-0.15, -0.1) is 0 Å². The Morgan fingerprint density at radius 3 is 2.83 bits per heavy atom. The first kappa shape index (κ1) is 12.3. The summed E-state index contributed by atoms with van der Waals surface area (Å²) in [5.74, 6) is -0.406. The highest BCUT2D eigenvalue weighted by Gasteiger charge is 2.12. The summed E-state index contributed by atoms with van der Waals surface area (Å²) in [6, 6.07) is 6.02. The molecule has 0 atom stereocenters. The fourth-order valence-electron chi connectivity index (χ4n) is 1.43. The van der Waals surface area contributed by atoms with Gasteiger partial charge in [-0.1, -0.05) is 12.1 Å². The molecule has 0 radical (unpaired) electrons. The Morgan fingerprint density at radius 1 is 1.44 bits per heavy atom. The topological polar surface area (TPSA) is 64.4 Å². The van der Waals surface area contributed by atoms with E-state index in [4.69, 9.17) is 4.42 Å². The number of carbonyl (C=O) groups excluding carboxylic acids is 1. The molecule has 1 heterocycles. The summed E-state index contributed by atoms with van der Waals surface area (Å²) in [4.78, 5) is 19.6.